The average Bonchev–Trinajstić information content (AvgIpc) is 3.34. The smallest absolute Gasteiger partial charge is 0.306 e. The first-order valence-corrected chi connectivity index (χ1v) is 31.0. The van der Waals surface area contributed by atoms with Crippen LogP contribution >= 0.6 is 0 Å². The summed E-state index contributed by atoms with van der Waals surface area (Å²) >= 11 is 0. The van der Waals surface area contributed by atoms with E-state index >= 15 is 0 Å². The van der Waals surface area contributed by atoms with Gasteiger partial charge in [0.1, 0.15) is 13.2 Å². The van der Waals surface area contributed by atoms with Crippen LogP contribution in [-0.4, -0.2) is 37.2 Å². The third-order valence-electron chi connectivity index (χ3n) is 14.4. The van der Waals surface area contributed by atoms with Gasteiger partial charge in [0.15, 0.2) is 6.10 Å². The number of esters is 3. The van der Waals surface area contributed by atoms with Gasteiger partial charge in [0.25, 0.3) is 0 Å². The predicted octanol–water partition coefficient (Wildman–Crippen LogP) is 20.7. The Kier molecular flexibility index (Phi) is 56.6. The van der Waals surface area contributed by atoms with Crippen LogP contribution < -0.4 is 0 Å². The quantitative estimate of drug-likeness (QED) is 0.0343. The first kappa shape index (κ1) is 66.4. The maximum Gasteiger partial charge on any atom is 0.306 e. The van der Waals surface area contributed by atoms with Gasteiger partial charge >= 0.3 is 17.9 Å². The molecule has 0 fully saturated rings. The van der Waals surface area contributed by atoms with Crippen LogP contribution in [0.3, 0.4) is 0 Å². The van der Waals surface area contributed by atoms with E-state index in [0.29, 0.717) is 19.3 Å². The lowest BCUT2D eigenvalue weighted by molar-refractivity contribution is -0.167. The second-order valence-electron chi connectivity index (χ2n) is 21.3. The molecular formula is C62H120O6. The molecule has 6 nitrogen and oxygen atoms in total. The van der Waals surface area contributed by atoms with Gasteiger partial charge in [-0.1, -0.05) is 323 Å². The Hall–Kier alpha value is -1.59. The number of ether oxygens (including phenoxy) is 3. The highest BCUT2D eigenvalue weighted by molar-refractivity contribution is 5.71. The van der Waals surface area contributed by atoms with E-state index in [1.54, 1.807) is 0 Å². The van der Waals surface area contributed by atoms with Crippen molar-refractivity contribution in [1.82, 2.24) is 0 Å². The molecule has 68 heavy (non-hydrogen) atoms. The van der Waals surface area contributed by atoms with Crippen LogP contribution in [-0.2, 0) is 28.6 Å². The Balaban J connectivity index is 4.22. The van der Waals surface area contributed by atoms with Gasteiger partial charge in [0, 0.05) is 19.3 Å². The van der Waals surface area contributed by atoms with Crippen molar-refractivity contribution in [1.29, 1.82) is 0 Å². The molecule has 0 aromatic heterocycles. The topological polar surface area (TPSA) is 78.9 Å². The molecule has 0 atom stereocenters. The second-order valence-corrected chi connectivity index (χ2v) is 21.3. The lowest BCUT2D eigenvalue weighted by Gasteiger charge is -2.18. The number of hydrogen-bond donors (Lipinski definition) is 0. The summed E-state index contributed by atoms with van der Waals surface area (Å²) in [4.78, 5) is 38.2. The minimum absolute atomic E-state index is 0.0608. The molecule has 0 saturated heterocycles. The lowest BCUT2D eigenvalue weighted by Crippen LogP contribution is -2.30. The molecule has 0 aromatic rings. The molecule has 0 spiro atoms. The van der Waals surface area contributed by atoms with Crippen LogP contribution in [0.1, 0.15) is 361 Å². The highest BCUT2D eigenvalue weighted by atomic mass is 16.6. The summed E-state index contributed by atoms with van der Waals surface area (Å²) in [5, 5.41) is 0. The molecule has 0 bridgehead atoms. The minimum Gasteiger partial charge on any atom is -0.462 e. The minimum atomic E-state index is -0.761. The van der Waals surface area contributed by atoms with Gasteiger partial charge < -0.3 is 14.2 Å². The van der Waals surface area contributed by atoms with E-state index in [0.717, 1.165) is 57.8 Å². The van der Waals surface area contributed by atoms with Crippen LogP contribution in [0.4, 0.5) is 0 Å². The summed E-state index contributed by atoms with van der Waals surface area (Å²) in [6.45, 7) is 6.72. The zero-order valence-corrected chi connectivity index (χ0v) is 46.4. The van der Waals surface area contributed by atoms with Crippen LogP contribution in [0.15, 0.2) is 0 Å². The van der Waals surface area contributed by atoms with E-state index in [9.17, 15) is 14.4 Å². The molecule has 0 aliphatic carbocycles. The van der Waals surface area contributed by atoms with Crippen molar-refractivity contribution in [3.05, 3.63) is 0 Å². The van der Waals surface area contributed by atoms with E-state index in [-0.39, 0.29) is 31.1 Å². The van der Waals surface area contributed by atoms with Crippen LogP contribution in [0.5, 0.6) is 0 Å². The molecule has 0 amide bonds. The van der Waals surface area contributed by atoms with Gasteiger partial charge in [0.2, 0.25) is 0 Å². The molecular weight excluding hydrogens is 841 g/mol. The summed E-state index contributed by atoms with van der Waals surface area (Å²) in [6.07, 6.45) is 65.3. The molecule has 0 rings (SSSR count). The molecule has 0 aliphatic heterocycles. The number of rotatable bonds is 58. The molecule has 0 unspecified atom stereocenters. The highest BCUT2D eigenvalue weighted by Crippen LogP contribution is 2.18. The standard InChI is InChI=1S/C62H120O6/c1-4-7-10-13-16-19-22-25-27-29-31-33-35-37-40-42-45-48-51-54-60(63)66-57-59(68-62(65)56-53-50-47-44-39-24-21-18-15-12-9-6-3)58-67-61(64)55-52-49-46-43-41-38-36-34-32-30-28-26-23-20-17-14-11-8-5-2/h59H,4-58H2,1-3H3. The van der Waals surface area contributed by atoms with Crippen molar-refractivity contribution in [2.24, 2.45) is 0 Å². The molecule has 0 heterocycles. The SMILES string of the molecule is CCCCCCCCCCCCCCCCCCCCCC(=O)OCC(COC(=O)CCCCCCCCCCCCCCCCCCCCC)OC(=O)CCCCCCCCCCCCCC. The molecule has 0 aromatic carbocycles. The molecule has 0 saturated carbocycles. The highest BCUT2D eigenvalue weighted by Gasteiger charge is 2.19. The van der Waals surface area contributed by atoms with Gasteiger partial charge in [-0.05, 0) is 19.3 Å². The first-order valence-electron chi connectivity index (χ1n) is 31.0. The monoisotopic (exact) mass is 961 g/mol. The summed E-state index contributed by atoms with van der Waals surface area (Å²) in [6, 6.07) is 0. The van der Waals surface area contributed by atoms with E-state index < -0.39 is 6.10 Å². The van der Waals surface area contributed by atoms with Gasteiger partial charge in [0.05, 0.1) is 0 Å². The summed E-state index contributed by atoms with van der Waals surface area (Å²) < 4.78 is 16.9. The van der Waals surface area contributed by atoms with Crippen LogP contribution in [0.2, 0.25) is 0 Å². The van der Waals surface area contributed by atoms with Crippen molar-refractivity contribution in [3.63, 3.8) is 0 Å². The van der Waals surface area contributed by atoms with Crippen molar-refractivity contribution >= 4 is 17.9 Å². The molecule has 0 aliphatic rings. The zero-order chi connectivity index (χ0) is 49.3. The maximum atomic E-state index is 12.8. The van der Waals surface area contributed by atoms with E-state index in [1.165, 1.54) is 263 Å². The van der Waals surface area contributed by atoms with Crippen molar-refractivity contribution in [2.45, 2.75) is 367 Å². The van der Waals surface area contributed by atoms with Gasteiger partial charge in [-0.25, -0.2) is 0 Å². The van der Waals surface area contributed by atoms with E-state index in [4.69, 9.17) is 14.2 Å². The largest absolute Gasteiger partial charge is 0.462 e. The Labute approximate surface area is 425 Å². The number of unbranched alkanes of at least 4 members (excludes halogenated alkanes) is 47. The molecule has 404 valence electrons. The lowest BCUT2D eigenvalue weighted by atomic mass is 10.0. The van der Waals surface area contributed by atoms with Gasteiger partial charge in [-0.15, -0.1) is 0 Å². The average molecular weight is 962 g/mol. The Morgan fingerprint density at radius 3 is 0.588 bits per heavy atom. The van der Waals surface area contributed by atoms with Crippen LogP contribution in [0.25, 0.3) is 0 Å². The fourth-order valence-electron chi connectivity index (χ4n) is 9.68. The molecule has 6 heteroatoms. The Morgan fingerprint density at radius 2 is 0.397 bits per heavy atom. The fourth-order valence-corrected chi connectivity index (χ4v) is 9.68. The zero-order valence-electron chi connectivity index (χ0n) is 46.4. The first-order chi connectivity index (χ1) is 33.5. The second kappa shape index (κ2) is 58.0. The Morgan fingerprint density at radius 1 is 0.235 bits per heavy atom. The number of carbonyl (C=O) groups excluding carboxylic acids is 3. The maximum absolute atomic E-state index is 12.8. The van der Waals surface area contributed by atoms with Crippen molar-refractivity contribution in [2.75, 3.05) is 13.2 Å². The number of carbonyl (C=O) groups is 3. The summed E-state index contributed by atoms with van der Waals surface area (Å²) in [7, 11) is 0. The summed E-state index contributed by atoms with van der Waals surface area (Å²) in [5.41, 5.74) is 0. The van der Waals surface area contributed by atoms with Crippen molar-refractivity contribution in [3.8, 4) is 0 Å². The Bertz CT molecular complexity index is 955. The predicted molar refractivity (Wildman–Crippen MR) is 294 cm³/mol. The number of hydrogen-bond acceptors (Lipinski definition) is 6. The van der Waals surface area contributed by atoms with Gasteiger partial charge in [-0.2, -0.15) is 0 Å². The third kappa shape index (κ3) is 55.3. The van der Waals surface area contributed by atoms with Crippen LogP contribution in [0, 0.1) is 0 Å². The van der Waals surface area contributed by atoms with E-state index in [1.807, 2.05) is 0 Å². The van der Waals surface area contributed by atoms with E-state index in [2.05, 4.69) is 20.8 Å². The molecule has 0 N–H and O–H groups in total. The molecule has 0 radical (unpaired) electrons. The van der Waals surface area contributed by atoms with Crippen molar-refractivity contribution < 1.29 is 28.6 Å². The normalized spacial score (nSPS) is 11.5. The summed E-state index contributed by atoms with van der Waals surface area (Å²) in [5.74, 6) is -0.828. The third-order valence-corrected chi connectivity index (χ3v) is 14.4. The fraction of sp³-hybridized carbons (Fsp3) is 0.952. The van der Waals surface area contributed by atoms with Gasteiger partial charge in [-0.3, -0.25) is 14.4 Å².